The highest BCUT2D eigenvalue weighted by atomic mass is 35.5. The van der Waals surface area contributed by atoms with Crippen LogP contribution in [0.1, 0.15) is 24.2 Å². The number of hydrogen-bond acceptors (Lipinski definition) is 4. The molecule has 0 fully saturated rings. The van der Waals surface area contributed by atoms with Gasteiger partial charge in [0.1, 0.15) is 17.6 Å². The van der Waals surface area contributed by atoms with Gasteiger partial charge in [0, 0.05) is 11.3 Å². The summed E-state index contributed by atoms with van der Waals surface area (Å²) in [6.07, 6.45) is 0. The van der Waals surface area contributed by atoms with Gasteiger partial charge in [0.25, 0.3) is 5.91 Å². The molecular formula is C19H16ClFN2O4. The summed E-state index contributed by atoms with van der Waals surface area (Å²) < 4.78 is 18.7. The van der Waals surface area contributed by atoms with Gasteiger partial charge in [-0.05, 0) is 50.2 Å². The second-order valence-electron chi connectivity index (χ2n) is 6.09. The Labute approximate surface area is 159 Å². The Kier molecular flexibility index (Phi) is 5.14. The van der Waals surface area contributed by atoms with Gasteiger partial charge < -0.3 is 10.1 Å². The van der Waals surface area contributed by atoms with Gasteiger partial charge in [-0.2, -0.15) is 0 Å². The van der Waals surface area contributed by atoms with Crippen molar-refractivity contribution in [2.45, 2.75) is 19.9 Å². The molecule has 6 nitrogen and oxygen atoms in total. The van der Waals surface area contributed by atoms with Crippen LogP contribution in [-0.2, 0) is 9.59 Å². The lowest BCUT2D eigenvalue weighted by atomic mass is 10.1. The first kappa shape index (κ1) is 18.8. The predicted octanol–water partition coefficient (Wildman–Crippen LogP) is 3.43. The molecule has 8 heteroatoms. The fraction of sp³-hybridized carbons (Fsp3) is 0.211. The number of nitrogens with one attached hydrogen (secondary N) is 1. The molecule has 0 saturated heterocycles. The Bertz CT molecular complexity index is 947. The molecule has 0 radical (unpaired) electrons. The molecule has 1 unspecified atom stereocenters. The van der Waals surface area contributed by atoms with E-state index in [0.717, 1.165) is 6.07 Å². The van der Waals surface area contributed by atoms with Crippen molar-refractivity contribution in [3.63, 3.8) is 0 Å². The monoisotopic (exact) mass is 390 g/mol. The number of ketones is 1. The summed E-state index contributed by atoms with van der Waals surface area (Å²) in [5, 5.41) is 2.48. The van der Waals surface area contributed by atoms with Gasteiger partial charge in [0.15, 0.2) is 12.4 Å². The van der Waals surface area contributed by atoms with Crippen LogP contribution in [0.4, 0.5) is 15.8 Å². The number of amides is 2. The van der Waals surface area contributed by atoms with E-state index in [0.29, 0.717) is 22.7 Å². The molecule has 0 saturated carbocycles. The summed E-state index contributed by atoms with van der Waals surface area (Å²) in [7, 11) is 0. The van der Waals surface area contributed by atoms with Crippen LogP contribution in [0, 0.1) is 5.82 Å². The molecule has 2 aromatic carbocycles. The molecule has 2 amide bonds. The maximum Gasteiger partial charge on any atom is 0.265 e. The van der Waals surface area contributed by atoms with Crippen molar-refractivity contribution in [2.75, 3.05) is 16.8 Å². The molecule has 2 aromatic rings. The molecule has 1 heterocycles. The normalized spacial score (nSPS) is 14.2. The highest BCUT2D eigenvalue weighted by Crippen LogP contribution is 2.34. The standard InChI is InChI=1S/C19H16ClFN2O4/c1-10(19(26)22-13-4-5-15(21)14(20)8-13)23-16-7-12(11(2)24)3-6-17(16)27-9-18(23)25/h3-8,10H,9H2,1-2H3,(H,22,26). The lowest BCUT2D eigenvalue weighted by Crippen LogP contribution is -2.49. The molecule has 3 rings (SSSR count). The summed E-state index contributed by atoms with van der Waals surface area (Å²) in [5.41, 5.74) is 1.05. The molecule has 140 valence electrons. The first-order valence-electron chi connectivity index (χ1n) is 8.13. The topological polar surface area (TPSA) is 75.7 Å². The summed E-state index contributed by atoms with van der Waals surface area (Å²) in [6, 6.07) is 7.60. The van der Waals surface area contributed by atoms with E-state index in [1.807, 2.05) is 0 Å². The van der Waals surface area contributed by atoms with E-state index >= 15 is 0 Å². The SMILES string of the molecule is CC(=O)c1ccc2c(c1)N(C(C)C(=O)Nc1ccc(F)c(Cl)c1)C(=O)CO2. The average Bonchev–Trinajstić information content (AvgIpc) is 2.63. The number of carbonyl (C=O) groups is 3. The third-order valence-electron chi connectivity index (χ3n) is 4.20. The molecule has 0 spiro atoms. The van der Waals surface area contributed by atoms with Crippen LogP contribution in [0.3, 0.4) is 0 Å². The van der Waals surface area contributed by atoms with Crippen LogP contribution in [0.2, 0.25) is 5.02 Å². The van der Waals surface area contributed by atoms with E-state index in [1.54, 1.807) is 19.1 Å². The minimum Gasteiger partial charge on any atom is -0.482 e. The number of carbonyl (C=O) groups excluding carboxylic acids is 3. The highest BCUT2D eigenvalue weighted by molar-refractivity contribution is 6.31. The van der Waals surface area contributed by atoms with E-state index in [9.17, 15) is 18.8 Å². The van der Waals surface area contributed by atoms with E-state index in [1.165, 1.54) is 30.0 Å². The number of halogens is 2. The van der Waals surface area contributed by atoms with Crippen LogP contribution < -0.4 is 15.0 Å². The zero-order chi connectivity index (χ0) is 19.7. The van der Waals surface area contributed by atoms with Gasteiger partial charge in [0.2, 0.25) is 5.91 Å². The molecule has 0 bridgehead atoms. The Hall–Kier alpha value is -2.93. The smallest absolute Gasteiger partial charge is 0.265 e. The molecule has 0 aliphatic carbocycles. The molecule has 1 aliphatic heterocycles. The minimum atomic E-state index is -0.897. The van der Waals surface area contributed by atoms with Crippen molar-refractivity contribution in [3.8, 4) is 5.75 Å². The van der Waals surface area contributed by atoms with Crippen molar-refractivity contribution in [3.05, 3.63) is 52.8 Å². The Morgan fingerprint density at radius 3 is 2.67 bits per heavy atom. The fourth-order valence-corrected chi connectivity index (χ4v) is 2.93. The zero-order valence-corrected chi connectivity index (χ0v) is 15.3. The Morgan fingerprint density at radius 2 is 2.00 bits per heavy atom. The summed E-state index contributed by atoms with van der Waals surface area (Å²) in [6.45, 7) is 2.74. The molecule has 0 aromatic heterocycles. The van der Waals surface area contributed by atoms with Crippen LogP contribution in [0.5, 0.6) is 5.75 Å². The third-order valence-corrected chi connectivity index (χ3v) is 4.49. The molecule has 1 aliphatic rings. The number of fused-ring (bicyclic) bond motifs is 1. The number of hydrogen-bond donors (Lipinski definition) is 1. The van der Waals surface area contributed by atoms with Crippen molar-refractivity contribution in [2.24, 2.45) is 0 Å². The van der Waals surface area contributed by atoms with E-state index in [4.69, 9.17) is 16.3 Å². The molecular weight excluding hydrogens is 375 g/mol. The Balaban J connectivity index is 1.89. The average molecular weight is 391 g/mol. The van der Waals surface area contributed by atoms with Crippen molar-refractivity contribution in [1.82, 2.24) is 0 Å². The van der Waals surface area contributed by atoms with Crippen LogP contribution in [0.15, 0.2) is 36.4 Å². The van der Waals surface area contributed by atoms with Gasteiger partial charge in [0.05, 0.1) is 10.7 Å². The summed E-state index contributed by atoms with van der Waals surface area (Å²) >= 11 is 5.72. The van der Waals surface area contributed by atoms with Crippen molar-refractivity contribution < 1.29 is 23.5 Å². The van der Waals surface area contributed by atoms with Crippen LogP contribution in [0.25, 0.3) is 0 Å². The lowest BCUT2D eigenvalue weighted by Gasteiger charge is -2.33. The molecule has 27 heavy (non-hydrogen) atoms. The summed E-state index contributed by atoms with van der Waals surface area (Å²) in [4.78, 5) is 38.0. The minimum absolute atomic E-state index is 0.126. The van der Waals surface area contributed by atoms with Gasteiger partial charge in [-0.25, -0.2) is 4.39 Å². The van der Waals surface area contributed by atoms with Crippen molar-refractivity contribution in [1.29, 1.82) is 0 Å². The second-order valence-corrected chi connectivity index (χ2v) is 6.49. The lowest BCUT2D eigenvalue weighted by molar-refractivity contribution is -0.125. The maximum atomic E-state index is 13.3. The van der Waals surface area contributed by atoms with Crippen LogP contribution in [-0.4, -0.2) is 30.2 Å². The number of nitrogens with zero attached hydrogens (tertiary/aromatic N) is 1. The first-order valence-corrected chi connectivity index (χ1v) is 8.51. The van der Waals surface area contributed by atoms with E-state index in [-0.39, 0.29) is 17.4 Å². The van der Waals surface area contributed by atoms with Gasteiger partial charge in [-0.1, -0.05) is 11.6 Å². The number of Topliss-reactive ketones (excluding diaryl/α,β-unsaturated/α-hetero) is 1. The third kappa shape index (κ3) is 3.78. The number of ether oxygens (including phenoxy) is 1. The summed E-state index contributed by atoms with van der Waals surface area (Å²) in [5.74, 6) is -1.27. The number of rotatable bonds is 4. The maximum absolute atomic E-state index is 13.3. The molecule has 1 N–H and O–H groups in total. The van der Waals surface area contributed by atoms with E-state index in [2.05, 4.69) is 5.32 Å². The largest absolute Gasteiger partial charge is 0.482 e. The van der Waals surface area contributed by atoms with Gasteiger partial charge in [-0.3, -0.25) is 19.3 Å². The predicted molar refractivity (Wildman–Crippen MR) is 98.9 cm³/mol. The number of benzene rings is 2. The second kappa shape index (κ2) is 7.36. The molecule has 1 atom stereocenters. The Morgan fingerprint density at radius 1 is 1.26 bits per heavy atom. The fourth-order valence-electron chi connectivity index (χ4n) is 2.75. The first-order chi connectivity index (χ1) is 12.8. The van der Waals surface area contributed by atoms with E-state index < -0.39 is 23.7 Å². The zero-order valence-electron chi connectivity index (χ0n) is 14.6. The quantitative estimate of drug-likeness (QED) is 0.811. The van der Waals surface area contributed by atoms with Crippen molar-refractivity contribution >= 4 is 40.6 Å². The van der Waals surface area contributed by atoms with Gasteiger partial charge >= 0.3 is 0 Å². The van der Waals surface area contributed by atoms with Gasteiger partial charge in [-0.15, -0.1) is 0 Å². The number of anilines is 2. The highest BCUT2D eigenvalue weighted by Gasteiger charge is 2.33. The van der Waals surface area contributed by atoms with Crippen LogP contribution >= 0.6 is 11.6 Å².